The number of aliphatic carboxylic acids is 1. The number of aromatic nitrogens is 2. The Kier molecular flexibility index (Phi) is 5.63. The predicted molar refractivity (Wildman–Crippen MR) is 80.5 cm³/mol. The van der Waals surface area contributed by atoms with Crippen LogP contribution in [0.2, 0.25) is 0 Å². The van der Waals surface area contributed by atoms with Gasteiger partial charge in [0.1, 0.15) is 5.82 Å². The number of hydrogen-bond donors (Lipinski definition) is 1. The van der Waals surface area contributed by atoms with Crippen molar-refractivity contribution in [2.75, 3.05) is 0 Å². The first-order chi connectivity index (χ1) is 9.79. The fourth-order valence-corrected chi connectivity index (χ4v) is 2.05. The van der Waals surface area contributed by atoms with Crippen LogP contribution in [0.3, 0.4) is 0 Å². The summed E-state index contributed by atoms with van der Waals surface area (Å²) < 4.78 is 2.35. The van der Waals surface area contributed by atoms with Gasteiger partial charge in [-0.05, 0) is 25.7 Å². The number of carboxylic acids is 1. The van der Waals surface area contributed by atoms with Crippen molar-refractivity contribution in [1.82, 2.24) is 9.13 Å². The van der Waals surface area contributed by atoms with Crippen LogP contribution < -0.4 is 11.2 Å². The maximum atomic E-state index is 11.9. The summed E-state index contributed by atoms with van der Waals surface area (Å²) >= 11 is 0. The van der Waals surface area contributed by atoms with Gasteiger partial charge < -0.3 is 5.11 Å². The average Bonchev–Trinajstić information content (AvgIpc) is 2.45. The van der Waals surface area contributed by atoms with Crippen molar-refractivity contribution in [2.24, 2.45) is 25.0 Å². The zero-order chi connectivity index (χ0) is 16.2. The van der Waals surface area contributed by atoms with Gasteiger partial charge in [0.15, 0.2) is 0 Å². The number of hydrogen-bond acceptors (Lipinski definition) is 4. The number of rotatable bonds is 6. The van der Waals surface area contributed by atoms with E-state index in [9.17, 15) is 14.4 Å². The zero-order valence-electron chi connectivity index (χ0n) is 12.8. The lowest BCUT2D eigenvalue weighted by Crippen LogP contribution is -2.38. The van der Waals surface area contributed by atoms with Crippen LogP contribution in [0, 0.1) is 12.8 Å². The second kappa shape index (κ2) is 7.01. The first-order valence-electron chi connectivity index (χ1n) is 6.82. The predicted octanol–water partition coefficient (Wildman–Crippen LogP) is 0.986. The minimum atomic E-state index is -0.848. The summed E-state index contributed by atoms with van der Waals surface area (Å²) in [7, 11) is 2.98. The van der Waals surface area contributed by atoms with E-state index < -0.39 is 11.7 Å². The van der Waals surface area contributed by atoms with Crippen molar-refractivity contribution in [3.05, 3.63) is 26.4 Å². The Morgan fingerprint density at radius 2 is 1.95 bits per heavy atom. The molecule has 0 bridgehead atoms. The molecule has 7 nitrogen and oxygen atoms in total. The summed E-state index contributed by atoms with van der Waals surface area (Å²) in [5, 5.41) is 8.70. The normalized spacial score (nSPS) is 12.8. The number of carbonyl (C=O) groups is 1. The van der Waals surface area contributed by atoms with Gasteiger partial charge in [-0.25, -0.2) is 9.79 Å². The van der Waals surface area contributed by atoms with E-state index in [-0.39, 0.29) is 17.9 Å². The van der Waals surface area contributed by atoms with Crippen LogP contribution >= 0.6 is 0 Å². The van der Waals surface area contributed by atoms with Gasteiger partial charge in [-0.3, -0.25) is 18.7 Å². The molecule has 0 fully saturated rings. The highest BCUT2D eigenvalue weighted by molar-refractivity contribution is 5.69. The molecular formula is C14H21N3O4. The highest BCUT2D eigenvalue weighted by Gasteiger charge is 2.12. The molecule has 1 rings (SSSR count). The Morgan fingerprint density at radius 1 is 1.33 bits per heavy atom. The Hall–Kier alpha value is -2.18. The smallest absolute Gasteiger partial charge is 0.332 e. The van der Waals surface area contributed by atoms with Crippen LogP contribution in [0.15, 0.2) is 14.6 Å². The third-order valence-electron chi connectivity index (χ3n) is 3.51. The minimum absolute atomic E-state index is 0.000315. The van der Waals surface area contributed by atoms with E-state index in [2.05, 4.69) is 4.99 Å². The molecule has 0 spiro atoms. The molecule has 0 aliphatic rings. The second-order valence-corrected chi connectivity index (χ2v) is 5.03. The average molecular weight is 295 g/mol. The summed E-state index contributed by atoms with van der Waals surface area (Å²) in [6.07, 6.45) is 2.92. The summed E-state index contributed by atoms with van der Waals surface area (Å²) in [6.45, 7) is 3.56. The fraction of sp³-hybridized carbons (Fsp3) is 0.571. The summed E-state index contributed by atoms with van der Waals surface area (Å²) in [5.74, 6) is -0.532. The molecule has 21 heavy (non-hydrogen) atoms. The summed E-state index contributed by atoms with van der Waals surface area (Å²) in [5.41, 5.74) is -0.413. The molecule has 0 aliphatic carbocycles. The van der Waals surface area contributed by atoms with Gasteiger partial charge in [0.05, 0.1) is 5.56 Å². The molecular weight excluding hydrogens is 274 g/mol. The van der Waals surface area contributed by atoms with Gasteiger partial charge in [0.25, 0.3) is 5.56 Å². The molecule has 0 aliphatic heterocycles. The summed E-state index contributed by atoms with van der Waals surface area (Å²) in [6, 6.07) is 0. The van der Waals surface area contributed by atoms with E-state index in [1.54, 1.807) is 20.2 Å². The van der Waals surface area contributed by atoms with Crippen LogP contribution in [0.4, 0.5) is 5.82 Å². The Morgan fingerprint density at radius 3 is 2.48 bits per heavy atom. The molecule has 1 N–H and O–H groups in total. The Balaban J connectivity index is 3.12. The molecule has 1 heterocycles. The molecule has 0 aromatic carbocycles. The molecule has 0 radical (unpaired) electrons. The van der Waals surface area contributed by atoms with Crippen molar-refractivity contribution >= 4 is 18.0 Å². The molecule has 0 saturated heterocycles. The largest absolute Gasteiger partial charge is 0.481 e. The number of aliphatic imine (C=N–C) groups is 1. The zero-order valence-corrected chi connectivity index (χ0v) is 12.8. The molecule has 1 unspecified atom stereocenters. The Labute approximate surface area is 122 Å². The van der Waals surface area contributed by atoms with Gasteiger partial charge in [0, 0.05) is 26.7 Å². The van der Waals surface area contributed by atoms with Gasteiger partial charge in [-0.2, -0.15) is 0 Å². The number of nitrogens with zero attached hydrogens (tertiary/aromatic N) is 3. The van der Waals surface area contributed by atoms with Crippen LogP contribution in [-0.2, 0) is 18.9 Å². The number of carboxylic acid groups (broad SMARTS) is 1. The lowest BCUT2D eigenvalue weighted by Gasteiger charge is -2.11. The SMILES string of the molecule is CCC(/C=N\c1c(C)c(=O)n(C)c(=O)n1C)CCC(=O)O. The fourth-order valence-electron chi connectivity index (χ4n) is 2.05. The van der Waals surface area contributed by atoms with E-state index in [1.807, 2.05) is 6.92 Å². The molecule has 0 amide bonds. The van der Waals surface area contributed by atoms with Crippen LogP contribution in [0.5, 0.6) is 0 Å². The van der Waals surface area contributed by atoms with Crippen LogP contribution in [-0.4, -0.2) is 26.4 Å². The van der Waals surface area contributed by atoms with Gasteiger partial charge >= 0.3 is 11.7 Å². The summed E-state index contributed by atoms with van der Waals surface area (Å²) in [4.78, 5) is 38.6. The lowest BCUT2D eigenvalue weighted by molar-refractivity contribution is -0.137. The highest BCUT2D eigenvalue weighted by atomic mass is 16.4. The molecule has 1 aromatic heterocycles. The molecule has 1 aromatic rings. The standard InChI is InChI=1S/C14H21N3O4/c1-5-10(6-7-11(18)19)8-15-12-9(2)13(20)17(4)14(21)16(12)3/h8,10H,5-7H2,1-4H3,(H,18,19)/b15-8-. The van der Waals surface area contributed by atoms with Crippen molar-refractivity contribution in [2.45, 2.75) is 33.1 Å². The molecule has 0 saturated carbocycles. The van der Waals surface area contributed by atoms with Crippen molar-refractivity contribution in [3.63, 3.8) is 0 Å². The Bertz CT molecular complexity index is 633. The van der Waals surface area contributed by atoms with E-state index in [4.69, 9.17) is 5.11 Å². The van der Waals surface area contributed by atoms with Crippen molar-refractivity contribution < 1.29 is 9.90 Å². The lowest BCUT2D eigenvalue weighted by atomic mass is 10.0. The van der Waals surface area contributed by atoms with Gasteiger partial charge in [-0.15, -0.1) is 0 Å². The molecule has 1 atom stereocenters. The van der Waals surface area contributed by atoms with Gasteiger partial charge in [0.2, 0.25) is 0 Å². The first kappa shape index (κ1) is 16.9. The third-order valence-corrected chi connectivity index (χ3v) is 3.51. The van der Waals surface area contributed by atoms with Crippen molar-refractivity contribution in [1.29, 1.82) is 0 Å². The van der Waals surface area contributed by atoms with Crippen LogP contribution in [0.1, 0.15) is 31.7 Å². The maximum Gasteiger partial charge on any atom is 0.332 e. The van der Waals surface area contributed by atoms with E-state index in [0.717, 1.165) is 11.0 Å². The van der Waals surface area contributed by atoms with E-state index in [0.29, 0.717) is 17.8 Å². The monoisotopic (exact) mass is 295 g/mol. The van der Waals surface area contributed by atoms with Crippen molar-refractivity contribution in [3.8, 4) is 0 Å². The third kappa shape index (κ3) is 3.90. The van der Waals surface area contributed by atoms with Gasteiger partial charge in [-0.1, -0.05) is 6.92 Å². The van der Waals surface area contributed by atoms with Crippen LogP contribution in [0.25, 0.3) is 0 Å². The highest BCUT2D eigenvalue weighted by Crippen LogP contribution is 2.14. The first-order valence-corrected chi connectivity index (χ1v) is 6.82. The minimum Gasteiger partial charge on any atom is -0.481 e. The van der Waals surface area contributed by atoms with E-state index in [1.165, 1.54) is 11.6 Å². The molecule has 7 heteroatoms. The maximum absolute atomic E-state index is 11.9. The molecule has 116 valence electrons. The van der Waals surface area contributed by atoms with E-state index >= 15 is 0 Å². The quantitative estimate of drug-likeness (QED) is 0.792. The topological polar surface area (TPSA) is 93.7 Å². The second-order valence-electron chi connectivity index (χ2n) is 5.03.